The van der Waals surface area contributed by atoms with Crippen molar-refractivity contribution < 1.29 is 14.0 Å². The van der Waals surface area contributed by atoms with Crippen LogP contribution in [0.1, 0.15) is 26.4 Å². The van der Waals surface area contributed by atoms with Crippen LogP contribution in [-0.2, 0) is 0 Å². The number of nitrogens with one attached hydrogen (secondary N) is 2. The Morgan fingerprint density at radius 2 is 1.69 bits per heavy atom. The largest absolute Gasteiger partial charge is 0.367 e. The zero-order valence-electron chi connectivity index (χ0n) is 19.1. The lowest BCUT2D eigenvalue weighted by Gasteiger charge is -2.36. The zero-order chi connectivity index (χ0) is 24.5. The maximum absolute atomic E-state index is 13.6. The van der Waals surface area contributed by atoms with E-state index in [-0.39, 0.29) is 5.91 Å². The van der Waals surface area contributed by atoms with E-state index in [9.17, 15) is 14.0 Å². The first-order chi connectivity index (χ1) is 16.9. The standard InChI is InChI=1S/C27H24ClFN4O2/c1-17-6-11-22-20(16-17)24(31-26(34)18-7-9-19(29)10-8-18)25(30-22)27(35)33-14-12-32(13-15-33)23-5-3-2-4-21(23)28/h2-11,16,30H,12-15H2,1H3,(H,31,34). The highest BCUT2D eigenvalue weighted by molar-refractivity contribution is 6.33. The van der Waals surface area contributed by atoms with Gasteiger partial charge in [0, 0.05) is 42.6 Å². The number of carbonyl (C=O) groups is 2. The van der Waals surface area contributed by atoms with Gasteiger partial charge in [-0.15, -0.1) is 0 Å². The topological polar surface area (TPSA) is 68.4 Å². The molecule has 0 aliphatic carbocycles. The molecule has 35 heavy (non-hydrogen) atoms. The lowest BCUT2D eigenvalue weighted by atomic mass is 10.1. The number of aryl methyl sites for hydroxylation is 1. The molecule has 178 valence electrons. The molecule has 1 fully saturated rings. The molecule has 6 nitrogen and oxygen atoms in total. The van der Waals surface area contributed by atoms with Gasteiger partial charge in [-0.2, -0.15) is 0 Å². The van der Waals surface area contributed by atoms with Crippen LogP contribution in [0, 0.1) is 12.7 Å². The SMILES string of the molecule is Cc1ccc2[nH]c(C(=O)N3CCN(c4ccccc4Cl)CC3)c(NC(=O)c3ccc(F)cc3)c2c1. The number of para-hydroxylation sites is 1. The molecule has 0 unspecified atom stereocenters. The van der Waals surface area contributed by atoms with E-state index >= 15 is 0 Å². The molecule has 0 saturated carbocycles. The third-order valence-electron chi connectivity index (χ3n) is 6.27. The molecule has 0 atom stereocenters. The van der Waals surface area contributed by atoms with Crippen LogP contribution < -0.4 is 10.2 Å². The molecule has 8 heteroatoms. The molecule has 2 heterocycles. The summed E-state index contributed by atoms with van der Waals surface area (Å²) >= 11 is 6.35. The number of halogens is 2. The van der Waals surface area contributed by atoms with E-state index in [1.54, 1.807) is 4.90 Å². The van der Waals surface area contributed by atoms with Gasteiger partial charge in [0.2, 0.25) is 0 Å². The average molecular weight is 491 g/mol. The summed E-state index contributed by atoms with van der Waals surface area (Å²) in [5, 5.41) is 4.32. The van der Waals surface area contributed by atoms with Crippen molar-refractivity contribution in [2.45, 2.75) is 6.92 Å². The van der Waals surface area contributed by atoms with Gasteiger partial charge in [-0.05, 0) is 55.5 Å². The van der Waals surface area contributed by atoms with E-state index in [1.807, 2.05) is 49.4 Å². The second-order valence-corrected chi connectivity index (χ2v) is 9.02. The average Bonchev–Trinajstić information content (AvgIpc) is 3.21. The van der Waals surface area contributed by atoms with Crippen molar-refractivity contribution in [3.63, 3.8) is 0 Å². The van der Waals surface area contributed by atoms with E-state index in [2.05, 4.69) is 15.2 Å². The second kappa shape index (κ2) is 9.43. The predicted octanol–water partition coefficient (Wildman–Crippen LogP) is 5.48. The number of aromatic nitrogens is 1. The van der Waals surface area contributed by atoms with Crippen molar-refractivity contribution in [3.8, 4) is 0 Å². The van der Waals surface area contributed by atoms with Crippen molar-refractivity contribution in [1.29, 1.82) is 0 Å². The van der Waals surface area contributed by atoms with E-state index in [1.165, 1.54) is 24.3 Å². The minimum absolute atomic E-state index is 0.188. The van der Waals surface area contributed by atoms with Crippen LogP contribution in [0.4, 0.5) is 15.8 Å². The summed E-state index contributed by atoms with van der Waals surface area (Å²) in [4.78, 5) is 33.7. The molecule has 1 aliphatic heterocycles. The summed E-state index contributed by atoms with van der Waals surface area (Å²) in [5.41, 5.74) is 3.77. The Morgan fingerprint density at radius 3 is 2.40 bits per heavy atom. The van der Waals surface area contributed by atoms with Crippen LogP contribution >= 0.6 is 11.6 Å². The molecular weight excluding hydrogens is 467 g/mol. The Hall–Kier alpha value is -3.84. The van der Waals surface area contributed by atoms with E-state index < -0.39 is 11.7 Å². The maximum atomic E-state index is 13.6. The van der Waals surface area contributed by atoms with Crippen LogP contribution in [0.2, 0.25) is 5.02 Å². The lowest BCUT2D eigenvalue weighted by molar-refractivity contribution is 0.0743. The summed E-state index contributed by atoms with van der Waals surface area (Å²) in [6, 6.07) is 18.7. The predicted molar refractivity (Wildman–Crippen MR) is 137 cm³/mol. The molecule has 5 rings (SSSR count). The minimum atomic E-state index is -0.420. The molecular formula is C27H24ClFN4O2. The maximum Gasteiger partial charge on any atom is 0.272 e. The fourth-order valence-electron chi connectivity index (χ4n) is 4.40. The lowest BCUT2D eigenvalue weighted by Crippen LogP contribution is -2.49. The molecule has 3 aromatic carbocycles. The summed E-state index contributed by atoms with van der Waals surface area (Å²) in [6.07, 6.45) is 0. The Labute approximate surface area is 207 Å². The van der Waals surface area contributed by atoms with Crippen molar-refractivity contribution in [3.05, 3.63) is 94.4 Å². The fourth-order valence-corrected chi connectivity index (χ4v) is 4.65. The van der Waals surface area contributed by atoms with Gasteiger partial charge in [0.1, 0.15) is 11.5 Å². The quantitative estimate of drug-likeness (QED) is 0.398. The molecule has 0 radical (unpaired) electrons. The highest BCUT2D eigenvalue weighted by atomic mass is 35.5. The Balaban J connectivity index is 1.41. The Morgan fingerprint density at radius 1 is 0.971 bits per heavy atom. The number of hydrogen-bond donors (Lipinski definition) is 2. The number of rotatable bonds is 4. The molecule has 1 saturated heterocycles. The third kappa shape index (κ3) is 4.59. The first-order valence-electron chi connectivity index (χ1n) is 11.4. The molecule has 2 N–H and O–H groups in total. The molecule has 1 aromatic heterocycles. The summed E-state index contributed by atoms with van der Waals surface area (Å²) < 4.78 is 13.3. The number of piperazine rings is 1. The smallest absolute Gasteiger partial charge is 0.272 e. The number of H-pyrrole nitrogens is 1. The second-order valence-electron chi connectivity index (χ2n) is 8.62. The number of benzene rings is 3. The van der Waals surface area contributed by atoms with E-state index in [0.717, 1.165) is 22.2 Å². The van der Waals surface area contributed by atoms with Crippen LogP contribution in [0.25, 0.3) is 10.9 Å². The summed E-state index contributed by atoms with van der Waals surface area (Å²) in [5.74, 6) is -1.02. The van der Waals surface area contributed by atoms with Crippen molar-refractivity contribution in [2.24, 2.45) is 0 Å². The number of nitrogens with zero attached hydrogens (tertiary/aromatic N) is 2. The van der Waals surface area contributed by atoms with Gasteiger partial charge >= 0.3 is 0 Å². The minimum Gasteiger partial charge on any atom is -0.367 e. The molecule has 1 aliphatic rings. The van der Waals surface area contributed by atoms with Gasteiger partial charge in [-0.25, -0.2) is 4.39 Å². The first-order valence-corrected chi connectivity index (χ1v) is 11.8. The highest BCUT2D eigenvalue weighted by Crippen LogP contribution is 2.31. The number of hydrogen-bond acceptors (Lipinski definition) is 3. The van der Waals surface area contributed by atoms with E-state index in [0.29, 0.717) is 48.1 Å². The van der Waals surface area contributed by atoms with Gasteiger partial charge in [0.25, 0.3) is 11.8 Å². The number of anilines is 2. The van der Waals surface area contributed by atoms with Crippen LogP contribution in [-0.4, -0.2) is 47.9 Å². The van der Waals surface area contributed by atoms with Crippen molar-refractivity contribution in [2.75, 3.05) is 36.4 Å². The number of amides is 2. The number of carbonyl (C=O) groups excluding carboxylic acids is 2. The molecule has 4 aromatic rings. The van der Waals surface area contributed by atoms with Gasteiger partial charge in [-0.1, -0.05) is 35.4 Å². The fraction of sp³-hybridized carbons (Fsp3) is 0.185. The Bertz CT molecular complexity index is 1410. The zero-order valence-corrected chi connectivity index (χ0v) is 19.9. The van der Waals surface area contributed by atoms with Gasteiger partial charge in [0.05, 0.1) is 16.4 Å². The summed E-state index contributed by atoms with van der Waals surface area (Å²) in [7, 11) is 0. The summed E-state index contributed by atoms with van der Waals surface area (Å²) in [6.45, 7) is 4.28. The molecule has 2 amide bonds. The van der Waals surface area contributed by atoms with Crippen molar-refractivity contribution in [1.82, 2.24) is 9.88 Å². The third-order valence-corrected chi connectivity index (χ3v) is 6.59. The van der Waals surface area contributed by atoms with Gasteiger partial charge in [-0.3, -0.25) is 9.59 Å². The monoisotopic (exact) mass is 490 g/mol. The van der Waals surface area contributed by atoms with Crippen molar-refractivity contribution >= 4 is 45.7 Å². The van der Waals surface area contributed by atoms with Crippen LogP contribution in [0.5, 0.6) is 0 Å². The van der Waals surface area contributed by atoms with Crippen LogP contribution in [0.15, 0.2) is 66.7 Å². The number of fused-ring (bicyclic) bond motifs is 1. The van der Waals surface area contributed by atoms with E-state index in [4.69, 9.17) is 11.6 Å². The first kappa shape index (κ1) is 22.9. The highest BCUT2D eigenvalue weighted by Gasteiger charge is 2.28. The normalized spacial score (nSPS) is 13.8. The van der Waals surface area contributed by atoms with Crippen LogP contribution in [0.3, 0.4) is 0 Å². The molecule has 0 bridgehead atoms. The Kier molecular flexibility index (Phi) is 6.17. The van der Waals surface area contributed by atoms with Gasteiger partial charge in [0.15, 0.2) is 0 Å². The number of aromatic amines is 1. The van der Waals surface area contributed by atoms with Gasteiger partial charge < -0.3 is 20.1 Å². The molecule has 0 spiro atoms.